The van der Waals surface area contributed by atoms with Crippen molar-refractivity contribution in [3.63, 3.8) is 0 Å². The average Bonchev–Trinajstić information content (AvgIpc) is 3.45. The van der Waals surface area contributed by atoms with E-state index in [-0.39, 0.29) is 36.3 Å². The predicted molar refractivity (Wildman–Crippen MR) is 145 cm³/mol. The first-order valence-electron chi connectivity index (χ1n) is 13.9. The number of halogens is 6. The highest BCUT2D eigenvalue weighted by Gasteiger charge is 2.67. The third-order valence-electron chi connectivity index (χ3n) is 8.37. The molecule has 44 heavy (non-hydrogen) atoms. The molecule has 2 aliphatic carbocycles. The van der Waals surface area contributed by atoms with Crippen molar-refractivity contribution >= 4 is 17.5 Å². The summed E-state index contributed by atoms with van der Waals surface area (Å²) in [6.07, 6.45) is -1.52. The maximum Gasteiger partial charge on any atom is 0.293 e. The van der Waals surface area contributed by atoms with Crippen LogP contribution in [0.5, 0.6) is 0 Å². The highest BCUT2D eigenvalue weighted by molar-refractivity contribution is 5.99. The van der Waals surface area contributed by atoms with E-state index in [1.165, 1.54) is 6.20 Å². The number of pyridine rings is 1. The van der Waals surface area contributed by atoms with Gasteiger partial charge in [0.05, 0.1) is 18.2 Å². The molecule has 2 N–H and O–H groups in total. The summed E-state index contributed by atoms with van der Waals surface area (Å²) in [6, 6.07) is 10.5. The number of rotatable bonds is 8. The molecule has 2 aromatic carbocycles. The number of fused-ring (bicyclic) bond motifs is 4. The SMILES string of the molecule is O=C1Cc2cc(-c3cccnc3[C@H](Cc3cc(F)cc(F)c3)NC(=O)Cn3nc(C(F)F)c4c3C(F)(F)[C@@H]3CC43)ccc2N1. The molecule has 3 atom stereocenters. The molecule has 0 radical (unpaired) electrons. The zero-order valence-corrected chi connectivity index (χ0v) is 22.8. The van der Waals surface area contributed by atoms with Gasteiger partial charge in [0.1, 0.15) is 29.6 Å². The number of alkyl halides is 4. The fraction of sp³-hybridized carbons (Fsp3) is 0.290. The standard InChI is InChI=1S/C31H23F6N5O2/c32-17-6-14(7-18(33)11-17)8-23(27-19(2-1-5-38-27)15-3-4-22-16(9-15)10-24(43)39-22)40-25(44)13-42-29-26(28(41-42)30(34)35)20-12-21(20)31(29,36)37/h1-7,9,11,20-21,23,30H,8,10,12-13H2,(H,39,43)(H,40,44)/t20?,21-,23+/m1/s1. The van der Waals surface area contributed by atoms with Crippen molar-refractivity contribution in [2.24, 2.45) is 5.92 Å². The Bertz CT molecular complexity index is 1820. The van der Waals surface area contributed by atoms with Gasteiger partial charge < -0.3 is 10.6 Å². The Morgan fingerprint density at radius 1 is 1.09 bits per heavy atom. The molecule has 2 aromatic heterocycles. The molecule has 2 amide bonds. The van der Waals surface area contributed by atoms with E-state index in [0.717, 1.165) is 17.7 Å². The number of anilines is 1. The second-order valence-electron chi connectivity index (χ2n) is 11.3. The van der Waals surface area contributed by atoms with Crippen LogP contribution in [0.25, 0.3) is 11.1 Å². The molecule has 3 heterocycles. The van der Waals surface area contributed by atoms with E-state index >= 15 is 8.78 Å². The van der Waals surface area contributed by atoms with E-state index in [9.17, 15) is 27.2 Å². The number of carbonyl (C=O) groups excluding carboxylic acids is 2. The van der Waals surface area contributed by atoms with Crippen LogP contribution in [-0.4, -0.2) is 26.6 Å². The van der Waals surface area contributed by atoms with Gasteiger partial charge in [-0.1, -0.05) is 12.1 Å². The predicted octanol–water partition coefficient (Wildman–Crippen LogP) is 5.96. The number of carbonyl (C=O) groups is 2. The summed E-state index contributed by atoms with van der Waals surface area (Å²) in [6.45, 7) is -0.785. The second kappa shape index (κ2) is 10.2. The Kier molecular flexibility index (Phi) is 6.52. The monoisotopic (exact) mass is 611 g/mol. The third kappa shape index (κ3) is 4.80. The van der Waals surface area contributed by atoms with Crippen LogP contribution in [-0.2, 0) is 34.9 Å². The molecule has 1 unspecified atom stereocenters. The third-order valence-corrected chi connectivity index (χ3v) is 8.37. The van der Waals surface area contributed by atoms with Crippen molar-refractivity contribution in [3.05, 3.63) is 100 Å². The Morgan fingerprint density at radius 2 is 1.86 bits per heavy atom. The number of hydrogen-bond donors (Lipinski definition) is 2. The molecular weight excluding hydrogens is 588 g/mol. The van der Waals surface area contributed by atoms with Crippen molar-refractivity contribution in [3.8, 4) is 11.1 Å². The van der Waals surface area contributed by atoms with Crippen LogP contribution < -0.4 is 10.6 Å². The Morgan fingerprint density at radius 3 is 2.61 bits per heavy atom. The summed E-state index contributed by atoms with van der Waals surface area (Å²) in [5, 5.41) is 9.18. The minimum absolute atomic E-state index is 0.0826. The van der Waals surface area contributed by atoms with Crippen molar-refractivity contribution in [1.29, 1.82) is 0 Å². The van der Waals surface area contributed by atoms with E-state index in [1.54, 1.807) is 30.3 Å². The molecule has 7 nitrogen and oxygen atoms in total. The summed E-state index contributed by atoms with van der Waals surface area (Å²) < 4.78 is 86.5. The van der Waals surface area contributed by atoms with Crippen molar-refractivity contribution < 1.29 is 35.9 Å². The summed E-state index contributed by atoms with van der Waals surface area (Å²) >= 11 is 0. The van der Waals surface area contributed by atoms with E-state index in [4.69, 9.17) is 0 Å². The number of aromatic nitrogens is 3. The van der Waals surface area contributed by atoms with Crippen LogP contribution in [0, 0.1) is 17.6 Å². The van der Waals surface area contributed by atoms with Gasteiger partial charge in [-0.2, -0.15) is 13.9 Å². The largest absolute Gasteiger partial charge is 0.346 e. The van der Waals surface area contributed by atoms with E-state index in [2.05, 4.69) is 20.7 Å². The summed E-state index contributed by atoms with van der Waals surface area (Å²) in [7, 11) is 0. The van der Waals surface area contributed by atoms with Crippen molar-refractivity contribution in [2.45, 2.75) is 50.1 Å². The minimum Gasteiger partial charge on any atom is -0.346 e. The smallest absolute Gasteiger partial charge is 0.293 e. The Labute approximate surface area is 246 Å². The Balaban J connectivity index is 1.24. The number of nitrogens with zero attached hydrogens (tertiary/aromatic N) is 3. The summed E-state index contributed by atoms with van der Waals surface area (Å²) in [5.74, 6) is -7.89. The molecule has 3 aliphatic rings. The molecule has 226 valence electrons. The number of hydrogen-bond acceptors (Lipinski definition) is 4. The lowest BCUT2D eigenvalue weighted by Crippen LogP contribution is -2.35. The van der Waals surface area contributed by atoms with E-state index < -0.39 is 65.7 Å². The topological polar surface area (TPSA) is 88.9 Å². The molecule has 0 spiro atoms. The van der Waals surface area contributed by atoms with Gasteiger partial charge in [0.2, 0.25) is 11.8 Å². The molecule has 7 rings (SSSR count). The van der Waals surface area contributed by atoms with Crippen LogP contribution in [0.15, 0.2) is 54.7 Å². The fourth-order valence-corrected chi connectivity index (χ4v) is 6.47. The molecule has 13 heteroatoms. The number of benzene rings is 2. The molecule has 0 bridgehead atoms. The lowest BCUT2D eigenvalue weighted by atomic mass is 9.94. The Hall–Kier alpha value is -4.68. The average molecular weight is 612 g/mol. The summed E-state index contributed by atoms with van der Waals surface area (Å²) in [5.41, 5.74) is 1.47. The summed E-state index contributed by atoms with van der Waals surface area (Å²) in [4.78, 5) is 29.8. The van der Waals surface area contributed by atoms with Crippen LogP contribution in [0.2, 0.25) is 0 Å². The van der Waals surface area contributed by atoms with Crippen LogP contribution in [0.3, 0.4) is 0 Å². The van der Waals surface area contributed by atoms with E-state index in [0.29, 0.717) is 33.3 Å². The molecule has 1 fully saturated rings. The molecule has 1 saturated carbocycles. The van der Waals surface area contributed by atoms with Crippen LogP contribution in [0.4, 0.5) is 32.0 Å². The van der Waals surface area contributed by atoms with Gasteiger partial charge in [-0.05, 0) is 65.8 Å². The van der Waals surface area contributed by atoms with Crippen molar-refractivity contribution in [2.75, 3.05) is 5.32 Å². The quantitative estimate of drug-likeness (QED) is 0.241. The zero-order chi connectivity index (χ0) is 30.9. The first-order chi connectivity index (χ1) is 21.0. The van der Waals surface area contributed by atoms with Crippen molar-refractivity contribution in [1.82, 2.24) is 20.1 Å². The van der Waals surface area contributed by atoms with Gasteiger partial charge in [0.25, 0.3) is 12.3 Å². The molecule has 0 saturated heterocycles. The first kappa shape index (κ1) is 28.1. The fourth-order valence-electron chi connectivity index (χ4n) is 6.47. The first-order valence-corrected chi connectivity index (χ1v) is 13.9. The van der Waals surface area contributed by atoms with Gasteiger partial charge in [0, 0.05) is 35.0 Å². The normalized spacial score (nSPS) is 19.8. The lowest BCUT2D eigenvalue weighted by Gasteiger charge is -2.22. The van der Waals surface area contributed by atoms with Crippen LogP contribution >= 0.6 is 0 Å². The minimum atomic E-state index is -3.41. The highest BCUT2D eigenvalue weighted by atomic mass is 19.3. The lowest BCUT2D eigenvalue weighted by molar-refractivity contribution is -0.123. The molecule has 4 aromatic rings. The zero-order valence-electron chi connectivity index (χ0n) is 22.8. The molecule has 1 aliphatic heterocycles. The maximum atomic E-state index is 15.1. The number of amides is 2. The second-order valence-corrected chi connectivity index (χ2v) is 11.3. The van der Waals surface area contributed by atoms with Gasteiger partial charge in [-0.3, -0.25) is 19.3 Å². The van der Waals surface area contributed by atoms with Gasteiger partial charge in [-0.25, -0.2) is 17.6 Å². The molecular formula is C31H23F6N5O2. The number of nitrogens with one attached hydrogen (secondary N) is 2. The van der Waals surface area contributed by atoms with Gasteiger partial charge in [-0.15, -0.1) is 0 Å². The van der Waals surface area contributed by atoms with Gasteiger partial charge >= 0.3 is 0 Å². The highest BCUT2D eigenvalue weighted by Crippen LogP contribution is 2.68. The maximum absolute atomic E-state index is 15.1. The van der Waals surface area contributed by atoms with Gasteiger partial charge in [0.15, 0.2) is 0 Å². The van der Waals surface area contributed by atoms with E-state index in [1.807, 2.05) is 0 Å². The van der Waals surface area contributed by atoms with Crippen LogP contribution in [0.1, 0.15) is 58.6 Å².